The minimum absolute atomic E-state index is 0.0189. The predicted molar refractivity (Wildman–Crippen MR) is 157 cm³/mol. The normalized spacial score (nSPS) is 15.6. The van der Waals surface area contributed by atoms with E-state index >= 15 is 0 Å². The van der Waals surface area contributed by atoms with E-state index in [1.54, 1.807) is 0 Å². The van der Waals surface area contributed by atoms with Crippen molar-refractivity contribution in [3.63, 3.8) is 0 Å². The maximum Gasteiger partial charge on any atom is 0.333 e. The number of allylic oxidation sites excluding steroid dienone is 1. The zero-order chi connectivity index (χ0) is 32.2. The first-order chi connectivity index (χ1) is 21.1. The number of carbonyl (C=O) groups is 5. The van der Waals surface area contributed by atoms with Gasteiger partial charge in [0.1, 0.15) is 5.76 Å². The van der Waals surface area contributed by atoms with E-state index in [0.717, 1.165) is 38.5 Å². The van der Waals surface area contributed by atoms with Crippen molar-refractivity contribution in [2.24, 2.45) is 0 Å². The zero-order valence-corrected chi connectivity index (χ0v) is 26.1. The van der Waals surface area contributed by atoms with Gasteiger partial charge in [-0.3, -0.25) is 19.2 Å². The highest BCUT2D eigenvalue weighted by atomic mass is 16.7. The maximum atomic E-state index is 11.9. The van der Waals surface area contributed by atoms with Crippen LogP contribution in [0, 0.1) is 0 Å². The summed E-state index contributed by atoms with van der Waals surface area (Å²) >= 11 is 0. The molecule has 0 aromatic rings. The van der Waals surface area contributed by atoms with E-state index in [1.807, 2.05) is 13.8 Å². The highest BCUT2D eigenvalue weighted by Crippen LogP contribution is 2.37. The lowest BCUT2D eigenvalue weighted by Gasteiger charge is -2.37. The molecule has 0 aliphatic carbocycles. The van der Waals surface area contributed by atoms with Crippen LogP contribution in [-0.2, 0) is 47.8 Å². The van der Waals surface area contributed by atoms with Gasteiger partial charge in [-0.1, -0.05) is 12.8 Å². The summed E-state index contributed by atoms with van der Waals surface area (Å²) in [5.74, 6) is -1.16. The van der Waals surface area contributed by atoms with Gasteiger partial charge in [0.15, 0.2) is 11.4 Å². The average Bonchev–Trinajstić information content (AvgIpc) is 3.30. The average molecular weight is 628 g/mol. The lowest BCUT2D eigenvalue weighted by molar-refractivity contribution is -0.197. The summed E-state index contributed by atoms with van der Waals surface area (Å²) in [6.07, 6.45) is 6.01. The second-order valence-electron chi connectivity index (χ2n) is 11.1. The third kappa shape index (κ3) is 15.0. The van der Waals surface area contributed by atoms with Crippen LogP contribution >= 0.6 is 0 Å². The minimum atomic E-state index is -0.808. The van der Waals surface area contributed by atoms with Gasteiger partial charge >= 0.3 is 5.97 Å². The molecular weight excluding hydrogens is 578 g/mol. The number of nitrogens with zero attached hydrogens (tertiary/aromatic N) is 1. The van der Waals surface area contributed by atoms with Crippen molar-refractivity contribution in [2.45, 2.75) is 96.5 Å². The van der Waals surface area contributed by atoms with Crippen LogP contribution in [0.2, 0.25) is 0 Å². The molecule has 4 amide bonds. The quantitative estimate of drug-likeness (QED) is 0.0999. The first kappa shape index (κ1) is 37.0. The van der Waals surface area contributed by atoms with Crippen LogP contribution in [0.1, 0.15) is 90.9 Å². The van der Waals surface area contributed by atoms with Crippen LogP contribution in [0.15, 0.2) is 11.5 Å². The van der Waals surface area contributed by atoms with Crippen LogP contribution in [0.5, 0.6) is 0 Å². The van der Waals surface area contributed by atoms with Crippen LogP contribution in [-0.4, -0.2) is 98.1 Å². The standard InChI is InChI=1S/C30H49N3O11/c1-30(2)29(39)23(43-30)9-5-3-4-6-10-24(34)31-15-7-17-40-19-21-42-22-20-41-18-8-16-32-25(35)11-14-28(38)44-33-26(36)12-13-27(33)37/h39H,3-22H2,1-2H3,(H,31,34)(H,32,35). The highest BCUT2D eigenvalue weighted by Gasteiger charge is 2.39. The molecule has 14 nitrogen and oxygen atoms in total. The number of unbranched alkanes of at least 4 members (excludes halogenated alkanes) is 3. The summed E-state index contributed by atoms with van der Waals surface area (Å²) in [5.41, 5.74) is -0.537. The Kier molecular flexibility index (Phi) is 17.4. The van der Waals surface area contributed by atoms with Crippen LogP contribution < -0.4 is 10.6 Å². The van der Waals surface area contributed by atoms with Gasteiger partial charge in [-0.25, -0.2) is 4.79 Å². The summed E-state index contributed by atoms with van der Waals surface area (Å²) in [7, 11) is 0. The lowest BCUT2D eigenvalue weighted by Crippen LogP contribution is -2.37. The van der Waals surface area contributed by atoms with Crippen molar-refractivity contribution < 1.29 is 52.9 Å². The van der Waals surface area contributed by atoms with E-state index < -0.39 is 23.4 Å². The zero-order valence-electron chi connectivity index (χ0n) is 26.1. The Balaban J connectivity index is 1.26. The van der Waals surface area contributed by atoms with Crippen molar-refractivity contribution in [2.75, 3.05) is 52.7 Å². The van der Waals surface area contributed by atoms with Crippen molar-refractivity contribution in [1.29, 1.82) is 0 Å². The highest BCUT2D eigenvalue weighted by molar-refractivity contribution is 6.01. The molecule has 2 aliphatic rings. The van der Waals surface area contributed by atoms with Gasteiger partial charge in [0.25, 0.3) is 11.8 Å². The number of nitrogens with one attached hydrogen (secondary N) is 2. The summed E-state index contributed by atoms with van der Waals surface area (Å²) in [5, 5.41) is 15.9. The molecule has 1 saturated heterocycles. The topological polar surface area (TPSA) is 179 Å². The van der Waals surface area contributed by atoms with Crippen molar-refractivity contribution >= 4 is 29.6 Å². The molecule has 2 aliphatic heterocycles. The Hall–Kier alpha value is -3.23. The molecule has 44 heavy (non-hydrogen) atoms. The van der Waals surface area contributed by atoms with E-state index in [2.05, 4.69) is 10.6 Å². The number of ether oxygens (including phenoxy) is 4. The van der Waals surface area contributed by atoms with Crippen molar-refractivity contribution in [3.05, 3.63) is 11.5 Å². The van der Waals surface area contributed by atoms with Gasteiger partial charge in [0.2, 0.25) is 11.8 Å². The number of rotatable bonds is 25. The first-order valence-corrected chi connectivity index (χ1v) is 15.5. The molecule has 0 bridgehead atoms. The third-order valence-electron chi connectivity index (χ3n) is 6.84. The Morgan fingerprint density at radius 3 is 1.82 bits per heavy atom. The summed E-state index contributed by atoms with van der Waals surface area (Å²) < 4.78 is 21.9. The molecule has 1 fully saturated rings. The van der Waals surface area contributed by atoms with Gasteiger partial charge in [-0.2, -0.15) is 0 Å². The number of hydrogen-bond acceptors (Lipinski definition) is 11. The van der Waals surface area contributed by atoms with E-state index in [4.69, 9.17) is 23.8 Å². The molecular formula is C30H49N3O11. The van der Waals surface area contributed by atoms with E-state index in [-0.39, 0.29) is 37.5 Å². The lowest BCUT2D eigenvalue weighted by atomic mass is 9.97. The van der Waals surface area contributed by atoms with Crippen LogP contribution in [0.25, 0.3) is 0 Å². The SMILES string of the molecule is CC1(C)OC(CCCCCCC(=O)NCCCOCCOCCOCCCNC(=O)CCC(=O)ON2C(=O)CCC2=O)=C1O. The fraction of sp³-hybridized carbons (Fsp3) is 0.767. The van der Waals surface area contributed by atoms with Gasteiger partial charge in [-0.15, -0.1) is 5.06 Å². The molecule has 2 rings (SSSR count). The number of imide groups is 1. The number of carbonyl (C=O) groups excluding carboxylic acids is 5. The van der Waals surface area contributed by atoms with Gasteiger partial charge in [0, 0.05) is 58.4 Å². The molecule has 250 valence electrons. The second-order valence-corrected chi connectivity index (χ2v) is 11.1. The number of amides is 4. The first-order valence-electron chi connectivity index (χ1n) is 15.5. The molecule has 0 aromatic heterocycles. The Morgan fingerprint density at radius 1 is 0.750 bits per heavy atom. The molecule has 0 spiro atoms. The number of aliphatic hydroxyl groups excluding tert-OH is 1. The Labute approximate surface area is 259 Å². The second kappa shape index (κ2) is 20.7. The fourth-order valence-corrected chi connectivity index (χ4v) is 4.33. The molecule has 0 atom stereocenters. The molecule has 0 radical (unpaired) electrons. The van der Waals surface area contributed by atoms with Crippen molar-refractivity contribution in [3.8, 4) is 0 Å². The minimum Gasteiger partial charge on any atom is -0.505 e. The van der Waals surface area contributed by atoms with Crippen LogP contribution in [0.3, 0.4) is 0 Å². The fourth-order valence-electron chi connectivity index (χ4n) is 4.33. The van der Waals surface area contributed by atoms with Crippen molar-refractivity contribution in [1.82, 2.24) is 15.7 Å². The Bertz CT molecular complexity index is 967. The molecule has 3 N–H and O–H groups in total. The van der Waals surface area contributed by atoms with Crippen LogP contribution in [0.4, 0.5) is 0 Å². The van der Waals surface area contributed by atoms with E-state index in [1.165, 1.54) is 0 Å². The van der Waals surface area contributed by atoms with E-state index in [9.17, 15) is 29.1 Å². The molecule has 0 unspecified atom stereocenters. The largest absolute Gasteiger partial charge is 0.505 e. The summed E-state index contributed by atoms with van der Waals surface area (Å²) in [6, 6.07) is 0. The molecule has 0 saturated carbocycles. The molecule has 2 heterocycles. The Morgan fingerprint density at radius 2 is 1.27 bits per heavy atom. The maximum absolute atomic E-state index is 11.9. The molecule has 14 heteroatoms. The van der Waals surface area contributed by atoms with Gasteiger partial charge < -0.3 is 39.5 Å². The summed E-state index contributed by atoms with van der Waals surface area (Å²) in [4.78, 5) is 63.0. The van der Waals surface area contributed by atoms with Gasteiger partial charge in [0.05, 0.1) is 32.8 Å². The number of aliphatic hydroxyl groups is 1. The van der Waals surface area contributed by atoms with Gasteiger partial charge in [-0.05, 0) is 39.5 Å². The monoisotopic (exact) mass is 627 g/mol. The van der Waals surface area contributed by atoms with E-state index in [0.29, 0.717) is 82.2 Å². The number of hydrogen-bond donors (Lipinski definition) is 3. The summed E-state index contributed by atoms with van der Waals surface area (Å²) in [6.45, 7) is 7.33. The number of hydroxylamine groups is 2. The predicted octanol–water partition coefficient (Wildman–Crippen LogP) is 2.36. The molecule has 0 aromatic carbocycles. The smallest absolute Gasteiger partial charge is 0.333 e. The third-order valence-corrected chi connectivity index (χ3v) is 6.84.